The number of aliphatic hydroxyl groups excluding tert-OH is 1. The molecule has 3 heterocycles. The molecule has 0 atom stereocenters. The lowest BCUT2D eigenvalue weighted by Gasteiger charge is -2.34. The molecule has 142 valence electrons. The normalized spacial score (nSPS) is 18.7. The molecule has 1 aromatic carbocycles. The first-order valence-electron chi connectivity index (χ1n) is 9.56. The number of H-pyrrole nitrogens is 1. The highest BCUT2D eigenvalue weighted by Gasteiger charge is 2.24. The monoisotopic (exact) mass is 367 g/mol. The zero-order valence-corrected chi connectivity index (χ0v) is 15.4. The summed E-state index contributed by atoms with van der Waals surface area (Å²) < 4.78 is 5.46. The molecule has 0 saturated carbocycles. The standard InChI is InChI=1S/C21H25N3O3/c1-2-17-20(24-7-5-15(14-25)6-8-24)18-13-16(23-9-11-27-12-10-23)3-4-19(18)22-21(17)26/h1,3-4,13,15,25H,5-12,14H2,(H,22,26). The highest BCUT2D eigenvalue weighted by atomic mass is 16.5. The SMILES string of the molecule is C#Cc1c(N2CCC(CO)CC2)c2cc(N3CCOCC3)ccc2[nH]c1=O. The van der Waals surface area contributed by atoms with Crippen molar-refractivity contribution in [2.45, 2.75) is 12.8 Å². The van der Waals surface area contributed by atoms with Gasteiger partial charge in [-0.25, -0.2) is 0 Å². The predicted molar refractivity (Wildman–Crippen MR) is 108 cm³/mol. The number of aromatic nitrogens is 1. The largest absolute Gasteiger partial charge is 0.396 e. The summed E-state index contributed by atoms with van der Waals surface area (Å²) in [4.78, 5) is 20.0. The summed E-state index contributed by atoms with van der Waals surface area (Å²) in [7, 11) is 0. The third kappa shape index (κ3) is 3.41. The molecule has 2 aliphatic rings. The van der Waals surface area contributed by atoms with E-state index in [1.54, 1.807) is 0 Å². The molecule has 0 spiro atoms. The maximum absolute atomic E-state index is 12.5. The summed E-state index contributed by atoms with van der Waals surface area (Å²) in [6, 6.07) is 6.14. The first kappa shape index (κ1) is 17.9. The molecule has 2 saturated heterocycles. The van der Waals surface area contributed by atoms with Crippen molar-refractivity contribution in [1.82, 2.24) is 4.98 Å². The second-order valence-electron chi connectivity index (χ2n) is 7.26. The number of aromatic amines is 1. The summed E-state index contributed by atoms with van der Waals surface area (Å²) >= 11 is 0. The molecule has 2 N–H and O–H groups in total. The molecule has 0 bridgehead atoms. The van der Waals surface area contributed by atoms with Crippen molar-refractivity contribution >= 4 is 22.3 Å². The van der Waals surface area contributed by atoms with E-state index in [0.29, 0.717) is 11.5 Å². The molecule has 0 radical (unpaired) electrons. The number of pyridine rings is 1. The van der Waals surface area contributed by atoms with Crippen molar-refractivity contribution in [3.05, 3.63) is 34.1 Å². The van der Waals surface area contributed by atoms with Crippen LogP contribution >= 0.6 is 0 Å². The molecule has 0 unspecified atom stereocenters. The maximum Gasteiger partial charge on any atom is 0.266 e. The smallest absolute Gasteiger partial charge is 0.266 e. The van der Waals surface area contributed by atoms with E-state index in [4.69, 9.17) is 11.2 Å². The van der Waals surface area contributed by atoms with Crippen LogP contribution in [0.2, 0.25) is 0 Å². The van der Waals surface area contributed by atoms with Crippen molar-refractivity contribution in [3.8, 4) is 12.3 Å². The lowest BCUT2D eigenvalue weighted by atomic mass is 9.96. The molecule has 6 nitrogen and oxygen atoms in total. The zero-order valence-electron chi connectivity index (χ0n) is 15.4. The van der Waals surface area contributed by atoms with Crippen LogP contribution in [0.5, 0.6) is 0 Å². The highest BCUT2D eigenvalue weighted by molar-refractivity contribution is 5.96. The van der Waals surface area contributed by atoms with Crippen LogP contribution in [0, 0.1) is 18.3 Å². The topological polar surface area (TPSA) is 68.8 Å². The lowest BCUT2D eigenvalue weighted by molar-refractivity contribution is 0.122. The first-order valence-corrected chi connectivity index (χ1v) is 9.56. The minimum absolute atomic E-state index is 0.215. The number of morpholine rings is 1. The van der Waals surface area contributed by atoms with Gasteiger partial charge >= 0.3 is 0 Å². The Labute approximate surface area is 158 Å². The van der Waals surface area contributed by atoms with E-state index in [2.05, 4.69) is 26.8 Å². The van der Waals surface area contributed by atoms with E-state index in [1.165, 1.54) is 0 Å². The van der Waals surface area contributed by atoms with Crippen LogP contribution in [0.15, 0.2) is 23.0 Å². The van der Waals surface area contributed by atoms with Gasteiger partial charge in [0.1, 0.15) is 5.56 Å². The first-order chi connectivity index (χ1) is 13.2. The Bertz CT molecular complexity index is 917. The third-order valence-corrected chi connectivity index (χ3v) is 5.68. The van der Waals surface area contributed by atoms with Crippen LogP contribution in [0.3, 0.4) is 0 Å². The van der Waals surface area contributed by atoms with Crippen LogP contribution in [-0.4, -0.2) is 56.1 Å². The summed E-state index contributed by atoms with van der Waals surface area (Å²) in [6.45, 7) is 4.96. The number of hydrogen-bond donors (Lipinski definition) is 2. The molecular weight excluding hydrogens is 342 g/mol. The Morgan fingerprint density at radius 2 is 1.93 bits per heavy atom. The molecule has 0 amide bonds. The molecule has 4 rings (SSSR count). The number of hydrogen-bond acceptors (Lipinski definition) is 5. The van der Waals surface area contributed by atoms with E-state index in [-0.39, 0.29) is 12.2 Å². The van der Waals surface area contributed by atoms with Gasteiger partial charge in [0.25, 0.3) is 5.56 Å². The fraction of sp³-hybridized carbons (Fsp3) is 0.476. The molecule has 0 aliphatic carbocycles. The number of benzene rings is 1. The number of piperidine rings is 1. The summed E-state index contributed by atoms with van der Waals surface area (Å²) in [5.41, 5.74) is 2.94. The molecular formula is C21H25N3O3. The Kier molecular flexibility index (Phi) is 5.06. The average Bonchev–Trinajstić information content (AvgIpc) is 2.73. The van der Waals surface area contributed by atoms with Gasteiger partial charge in [-0.3, -0.25) is 4.79 Å². The molecule has 27 heavy (non-hydrogen) atoms. The van der Waals surface area contributed by atoms with Gasteiger partial charge in [-0.1, -0.05) is 5.92 Å². The molecule has 2 fully saturated rings. The lowest BCUT2D eigenvalue weighted by Crippen LogP contribution is -2.37. The quantitative estimate of drug-likeness (QED) is 0.806. The second-order valence-corrected chi connectivity index (χ2v) is 7.26. The van der Waals surface area contributed by atoms with Crippen LogP contribution < -0.4 is 15.4 Å². The van der Waals surface area contributed by atoms with Crippen molar-refractivity contribution < 1.29 is 9.84 Å². The fourth-order valence-electron chi connectivity index (χ4n) is 4.08. The molecule has 2 aliphatic heterocycles. The van der Waals surface area contributed by atoms with Gasteiger partial charge in [-0.2, -0.15) is 0 Å². The minimum atomic E-state index is -0.219. The summed E-state index contributed by atoms with van der Waals surface area (Å²) in [6.07, 6.45) is 7.52. The highest BCUT2D eigenvalue weighted by Crippen LogP contribution is 2.33. The number of nitrogens with zero attached hydrogens (tertiary/aromatic N) is 2. The Hall–Kier alpha value is -2.49. The van der Waals surface area contributed by atoms with E-state index in [9.17, 15) is 9.90 Å². The Morgan fingerprint density at radius 3 is 2.59 bits per heavy atom. The van der Waals surface area contributed by atoms with Gasteiger partial charge in [0.05, 0.1) is 24.4 Å². The number of aliphatic hydroxyl groups is 1. The number of fused-ring (bicyclic) bond motifs is 1. The Balaban J connectivity index is 1.81. The number of terminal acetylenes is 1. The van der Waals surface area contributed by atoms with Crippen LogP contribution in [0.1, 0.15) is 18.4 Å². The van der Waals surface area contributed by atoms with Crippen molar-refractivity contribution in [2.24, 2.45) is 5.92 Å². The Morgan fingerprint density at radius 1 is 1.19 bits per heavy atom. The molecule has 1 aromatic heterocycles. The third-order valence-electron chi connectivity index (χ3n) is 5.68. The van der Waals surface area contributed by atoms with E-state index in [1.807, 2.05) is 12.1 Å². The summed E-state index contributed by atoms with van der Waals surface area (Å²) in [5.74, 6) is 2.94. The van der Waals surface area contributed by atoms with Crippen LogP contribution in [0.4, 0.5) is 11.4 Å². The predicted octanol–water partition coefficient (Wildman–Crippen LogP) is 1.55. The average molecular weight is 367 g/mol. The maximum atomic E-state index is 12.5. The van der Waals surface area contributed by atoms with Crippen molar-refractivity contribution in [1.29, 1.82) is 0 Å². The number of nitrogens with one attached hydrogen (secondary N) is 1. The van der Waals surface area contributed by atoms with Gasteiger partial charge in [0.2, 0.25) is 0 Å². The van der Waals surface area contributed by atoms with Crippen LogP contribution in [0.25, 0.3) is 10.9 Å². The second kappa shape index (κ2) is 7.63. The number of ether oxygens (including phenoxy) is 1. The molecule has 6 heteroatoms. The summed E-state index contributed by atoms with van der Waals surface area (Å²) in [5, 5.41) is 10.4. The van der Waals surface area contributed by atoms with Gasteiger partial charge in [0, 0.05) is 43.9 Å². The van der Waals surface area contributed by atoms with E-state index < -0.39 is 0 Å². The van der Waals surface area contributed by atoms with E-state index in [0.717, 1.165) is 74.5 Å². The number of anilines is 2. The van der Waals surface area contributed by atoms with Gasteiger partial charge in [-0.15, -0.1) is 6.42 Å². The minimum Gasteiger partial charge on any atom is -0.396 e. The van der Waals surface area contributed by atoms with Crippen molar-refractivity contribution in [3.63, 3.8) is 0 Å². The van der Waals surface area contributed by atoms with Gasteiger partial charge < -0.3 is 24.6 Å². The molecule has 2 aromatic rings. The number of rotatable bonds is 3. The fourth-order valence-corrected chi connectivity index (χ4v) is 4.08. The van der Waals surface area contributed by atoms with Gasteiger partial charge in [-0.05, 0) is 37.0 Å². The van der Waals surface area contributed by atoms with Crippen molar-refractivity contribution in [2.75, 3.05) is 55.8 Å². The van der Waals surface area contributed by atoms with E-state index >= 15 is 0 Å². The van der Waals surface area contributed by atoms with Gasteiger partial charge in [0.15, 0.2) is 0 Å². The van der Waals surface area contributed by atoms with Crippen LogP contribution in [-0.2, 0) is 4.74 Å². The zero-order chi connectivity index (χ0) is 18.8.